The van der Waals surface area contributed by atoms with Gasteiger partial charge in [0.25, 0.3) is 0 Å². The van der Waals surface area contributed by atoms with Crippen LogP contribution in [0.5, 0.6) is 40.2 Å². The number of phenolic OH excluding ortho intramolecular Hbond substituents is 2. The average Bonchev–Trinajstić information content (AvgIpc) is 3.05. The summed E-state index contributed by atoms with van der Waals surface area (Å²) in [6.45, 7) is 1.74. The monoisotopic (exact) mass is 608 g/mol. The highest BCUT2D eigenvalue weighted by molar-refractivity contribution is 5.77. The van der Waals surface area contributed by atoms with Crippen LogP contribution in [0.25, 0.3) is 11.1 Å². The molecule has 6 bridgehead atoms. The molecule has 4 aromatic rings. The highest BCUT2D eigenvalue weighted by Crippen LogP contribution is 2.51. The summed E-state index contributed by atoms with van der Waals surface area (Å²) in [7, 11) is 9.14. The van der Waals surface area contributed by atoms with Crippen LogP contribution in [0.4, 0.5) is 0 Å². The predicted molar refractivity (Wildman–Crippen MR) is 173 cm³/mol. The van der Waals surface area contributed by atoms with Crippen LogP contribution in [0.3, 0.4) is 0 Å². The second-order valence-corrected chi connectivity index (χ2v) is 12.4. The van der Waals surface area contributed by atoms with Gasteiger partial charge in [0.1, 0.15) is 11.5 Å². The fraction of sp³-hybridized carbons (Fsp3) is 0.351. The van der Waals surface area contributed by atoms with E-state index >= 15 is 0 Å². The first-order chi connectivity index (χ1) is 21.8. The van der Waals surface area contributed by atoms with Crippen molar-refractivity contribution in [2.75, 3.05) is 48.5 Å². The number of hydrogen-bond acceptors (Lipinski definition) is 8. The molecule has 8 nitrogen and oxygen atoms in total. The Bertz CT molecular complexity index is 1790. The van der Waals surface area contributed by atoms with Crippen molar-refractivity contribution in [3.05, 3.63) is 88.0 Å². The summed E-state index contributed by atoms with van der Waals surface area (Å²) in [6.07, 6.45) is 3.06. The number of likely N-dealkylation sites (N-methyl/N-ethyl adjacent to an activating group) is 2. The summed E-state index contributed by atoms with van der Waals surface area (Å²) in [6, 6.07) is 18.1. The summed E-state index contributed by atoms with van der Waals surface area (Å²) in [5.41, 5.74) is 8.16. The molecule has 3 heterocycles. The van der Waals surface area contributed by atoms with Gasteiger partial charge in [-0.05, 0) is 110 Å². The molecule has 0 unspecified atom stereocenters. The van der Waals surface area contributed by atoms with E-state index < -0.39 is 0 Å². The van der Waals surface area contributed by atoms with Crippen molar-refractivity contribution in [3.63, 3.8) is 0 Å². The minimum absolute atomic E-state index is 0.0265. The van der Waals surface area contributed by atoms with Crippen molar-refractivity contribution < 1.29 is 29.2 Å². The molecule has 0 aromatic heterocycles. The summed E-state index contributed by atoms with van der Waals surface area (Å²) in [5.74, 6) is 2.85. The summed E-state index contributed by atoms with van der Waals surface area (Å²) >= 11 is 0. The highest BCUT2D eigenvalue weighted by Gasteiger charge is 2.34. The third-order valence-corrected chi connectivity index (χ3v) is 9.90. The molecule has 0 spiro atoms. The number of phenols is 2. The van der Waals surface area contributed by atoms with Gasteiger partial charge < -0.3 is 29.2 Å². The van der Waals surface area contributed by atoms with Crippen LogP contribution >= 0.6 is 0 Å². The molecule has 0 saturated heterocycles. The maximum atomic E-state index is 11.6. The molecule has 3 aliphatic heterocycles. The van der Waals surface area contributed by atoms with Crippen molar-refractivity contribution in [1.29, 1.82) is 0 Å². The molecule has 0 radical (unpaired) electrons. The zero-order chi connectivity index (χ0) is 31.4. The summed E-state index contributed by atoms with van der Waals surface area (Å²) in [4.78, 5) is 4.67. The zero-order valence-electron chi connectivity index (χ0n) is 26.5. The molecule has 0 aliphatic carbocycles. The third-order valence-electron chi connectivity index (χ3n) is 9.90. The molecule has 0 saturated carbocycles. The molecule has 2 atom stereocenters. The lowest BCUT2D eigenvalue weighted by atomic mass is 9.86. The van der Waals surface area contributed by atoms with E-state index in [1.165, 1.54) is 5.56 Å². The Hall–Kier alpha value is -4.40. The lowest BCUT2D eigenvalue weighted by Gasteiger charge is -2.37. The predicted octanol–water partition coefficient (Wildman–Crippen LogP) is 6.44. The zero-order valence-corrected chi connectivity index (χ0v) is 26.5. The van der Waals surface area contributed by atoms with Crippen LogP contribution in [0.15, 0.2) is 54.6 Å². The van der Waals surface area contributed by atoms with Crippen molar-refractivity contribution in [3.8, 4) is 51.4 Å². The Balaban J connectivity index is 1.52. The Morgan fingerprint density at radius 1 is 0.689 bits per heavy atom. The molecule has 2 N–H and O–H groups in total. The molecular formula is C37H40N2O6. The molecule has 234 valence electrons. The standard InChI is InChI=1S/C37H40N2O6/c1-38-12-10-23-18-32(43-4)33-20-25(23)28(38)16-21-6-8-30(40)26(14-21)27-15-22(7-9-31(27)42-3)17-29-35-24(11-13-39(29)2)19-34(44-5)36(41)37(35)45-33/h6-9,14-15,18-20,28-29,40-41H,10-13,16-17H2,1-5H3/t28-,29-/m0/s1. The number of rotatable bonds is 3. The molecule has 0 amide bonds. The SMILES string of the molecule is COc1cc2c3cc1Oc1c(O)c(OC)cc4c1[C@H](Cc1ccc(OC)c(c1)-c1cc(ccc1O)C[C@@H]3N(C)CC2)N(C)CC4. The van der Waals surface area contributed by atoms with Crippen LogP contribution in [-0.2, 0) is 25.7 Å². The van der Waals surface area contributed by atoms with Crippen LogP contribution in [-0.4, -0.2) is 68.5 Å². The minimum atomic E-state index is -0.0999. The van der Waals surface area contributed by atoms with Crippen LogP contribution in [0.1, 0.15) is 45.5 Å². The van der Waals surface area contributed by atoms with Gasteiger partial charge in [-0.25, -0.2) is 0 Å². The Morgan fingerprint density at radius 3 is 2.04 bits per heavy atom. The number of ether oxygens (including phenoxy) is 4. The van der Waals surface area contributed by atoms with E-state index in [1.54, 1.807) is 27.4 Å². The molecular weight excluding hydrogens is 568 g/mol. The first-order valence-electron chi connectivity index (χ1n) is 15.5. The van der Waals surface area contributed by atoms with Gasteiger partial charge >= 0.3 is 0 Å². The smallest absolute Gasteiger partial charge is 0.201 e. The van der Waals surface area contributed by atoms with Gasteiger partial charge in [0.2, 0.25) is 5.75 Å². The first kappa shape index (κ1) is 29.3. The maximum Gasteiger partial charge on any atom is 0.201 e. The van der Waals surface area contributed by atoms with Crippen LogP contribution < -0.4 is 18.9 Å². The van der Waals surface area contributed by atoms with Crippen molar-refractivity contribution in [1.82, 2.24) is 9.80 Å². The van der Waals surface area contributed by atoms with Gasteiger partial charge in [-0.1, -0.05) is 12.1 Å². The third kappa shape index (κ3) is 5.02. The van der Waals surface area contributed by atoms with Crippen molar-refractivity contribution in [2.24, 2.45) is 0 Å². The van der Waals surface area contributed by atoms with Gasteiger partial charge in [-0.15, -0.1) is 0 Å². The second-order valence-electron chi connectivity index (χ2n) is 12.4. The number of methoxy groups -OCH3 is 3. The Kier molecular flexibility index (Phi) is 7.50. The normalized spacial score (nSPS) is 19.3. The first-order valence-corrected chi connectivity index (χ1v) is 15.5. The fourth-order valence-electron chi connectivity index (χ4n) is 7.37. The number of fused-ring (bicyclic) bond motifs is 6. The van der Waals surface area contributed by atoms with E-state index in [1.807, 2.05) is 18.2 Å². The molecule has 7 rings (SSSR count). The van der Waals surface area contributed by atoms with Crippen LogP contribution in [0.2, 0.25) is 0 Å². The second kappa shape index (κ2) is 11.5. The quantitative estimate of drug-likeness (QED) is 0.275. The number of nitrogens with zero attached hydrogens (tertiary/aromatic N) is 2. The van der Waals surface area contributed by atoms with Gasteiger partial charge in [0.05, 0.1) is 21.3 Å². The van der Waals surface area contributed by atoms with Gasteiger partial charge in [-0.2, -0.15) is 0 Å². The Labute approximate surface area is 264 Å². The fourth-order valence-corrected chi connectivity index (χ4v) is 7.37. The summed E-state index contributed by atoms with van der Waals surface area (Å²) in [5, 5.41) is 22.8. The van der Waals surface area contributed by atoms with E-state index in [0.29, 0.717) is 35.2 Å². The topological polar surface area (TPSA) is 83.9 Å². The van der Waals surface area contributed by atoms with Crippen molar-refractivity contribution in [2.45, 2.75) is 37.8 Å². The Morgan fingerprint density at radius 2 is 1.31 bits per heavy atom. The molecule has 4 aromatic carbocycles. The highest BCUT2D eigenvalue weighted by atomic mass is 16.5. The molecule has 45 heavy (non-hydrogen) atoms. The number of benzene rings is 4. The number of hydrogen-bond donors (Lipinski definition) is 2. The average molecular weight is 609 g/mol. The van der Waals surface area contributed by atoms with E-state index in [9.17, 15) is 10.2 Å². The molecule has 3 aliphatic rings. The lowest BCUT2D eigenvalue weighted by molar-refractivity contribution is 0.220. The largest absolute Gasteiger partial charge is 0.507 e. The molecule has 0 fully saturated rings. The van der Waals surface area contributed by atoms with E-state index in [-0.39, 0.29) is 23.6 Å². The van der Waals surface area contributed by atoms with Gasteiger partial charge in [0, 0.05) is 41.9 Å². The number of aromatic hydroxyl groups is 2. The summed E-state index contributed by atoms with van der Waals surface area (Å²) < 4.78 is 24.1. The lowest BCUT2D eigenvalue weighted by Crippen LogP contribution is -2.34. The van der Waals surface area contributed by atoms with Gasteiger partial charge in [-0.3, -0.25) is 9.80 Å². The van der Waals surface area contributed by atoms with Gasteiger partial charge in [0.15, 0.2) is 23.0 Å². The van der Waals surface area contributed by atoms with E-state index in [2.05, 4.69) is 54.2 Å². The van der Waals surface area contributed by atoms with Crippen molar-refractivity contribution >= 4 is 0 Å². The van der Waals surface area contributed by atoms with Crippen LogP contribution in [0, 0.1) is 0 Å². The molecule has 8 heteroatoms. The maximum absolute atomic E-state index is 11.6. The minimum Gasteiger partial charge on any atom is -0.507 e. The van der Waals surface area contributed by atoms with E-state index in [4.69, 9.17) is 18.9 Å². The van der Waals surface area contributed by atoms with E-state index in [0.717, 1.165) is 71.3 Å².